The average Bonchev–Trinajstić information content (AvgIpc) is 3.11. The number of hydrogen-bond acceptors (Lipinski definition) is 4. The third-order valence-corrected chi connectivity index (χ3v) is 7.34. The molecule has 2 aromatic rings. The van der Waals surface area contributed by atoms with Crippen molar-refractivity contribution >= 4 is 27.3 Å². The number of rotatable bonds is 5. The molecule has 0 unspecified atom stereocenters. The van der Waals surface area contributed by atoms with E-state index < -0.39 is 10.0 Å². The average molecular weight is 382 g/mol. The molecular formula is C17H19FN2O3S2. The lowest BCUT2D eigenvalue weighted by atomic mass is 10.1. The summed E-state index contributed by atoms with van der Waals surface area (Å²) in [6.45, 7) is 3.00. The number of hydrogen-bond donors (Lipinski definition) is 1. The summed E-state index contributed by atoms with van der Waals surface area (Å²) >= 11 is 1.34. The molecule has 1 amide bonds. The van der Waals surface area contributed by atoms with Crippen molar-refractivity contribution in [2.75, 3.05) is 25.4 Å². The van der Waals surface area contributed by atoms with E-state index >= 15 is 0 Å². The van der Waals surface area contributed by atoms with Crippen molar-refractivity contribution in [3.05, 3.63) is 46.6 Å². The molecule has 0 spiro atoms. The first-order valence-corrected chi connectivity index (χ1v) is 10.4. The van der Waals surface area contributed by atoms with E-state index in [1.54, 1.807) is 18.2 Å². The highest BCUT2D eigenvalue weighted by Crippen LogP contribution is 2.32. The van der Waals surface area contributed by atoms with E-state index in [-0.39, 0.29) is 24.0 Å². The minimum Gasteiger partial charge on any atom is -0.350 e. The highest BCUT2D eigenvalue weighted by atomic mass is 32.2. The predicted octanol–water partition coefficient (Wildman–Crippen LogP) is 2.63. The maximum atomic E-state index is 13.1. The molecule has 8 heteroatoms. The van der Waals surface area contributed by atoms with Gasteiger partial charge in [0.05, 0.1) is 10.6 Å². The topological polar surface area (TPSA) is 66.5 Å². The number of nitrogens with zero attached hydrogens (tertiary/aromatic N) is 1. The van der Waals surface area contributed by atoms with Crippen molar-refractivity contribution in [1.29, 1.82) is 0 Å². The summed E-state index contributed by atoms with van der Waals surface area (Å²) in [7, 11) is -3.14. The number of halogens is 1. The molecule has 1 N–H and O–H groups in total. The Labute approximate surface area is 150 Å². The number of carbonyl (C=O) groups excluding carboxylic acids is 1. The second kappa shape index (κ2) is 7.23. The molecule has 1 aromatic carbocycles. The van der Waals surface area contributed by atoms with E-state index in [0.717, 1.165) is 16.0 Å². The third kappa shape index (κ3) is 4.08. The minimum absolute atomic E-state index is 0.187. The number of sulfonamides is 1. The number of amides is 1. The Morgan fingerprint density at radius 1 is 1.32 bits per heavy atom. The van der Waals surface area contributed by atoms with Gasteiger partial charge in [-0.15, -0.1) is 11.3 Å². The molecule has 1 aliphatic heterocycles. The van der Waals surface area contributed by atoms with Gasteiger partial charge in [-0.1, -0.05) is 12.1 Å². The zero-order chi connectivity index (χ0) is 18.0. The molecule has 0 aliphatic carbocycles. The Morgan fingerprint density at radius 2 is 2.04 bits per heavy atom. The lowest BCUT2D eigenvalue weighted by molar-refractivity contribution is 0.0956. The molecule has 0 bridgehead atoms. The largest absolute Gasteiger partial charge is 0.350 e. The summed E-state index contributed by atoms with van der Waals surface area (Å²) in [6, 6.07) is 7.96. The lowest BCUT2D eigenvalue weighted by Gasteiger charge is -2.14. The number of benzene rings is 1. The second-order valence-electron chi connectivity index (χ2n) is 5.95. The van der Waals surface area contributed by atoms with Crippen molar-refractivity contribution in [1.82, 2.24) is 9.62 Å². The van der Waals surface area contributed by atoms with Gasteiger partial charge < -0.3 is 5.32 Å². The summed E-state index contributed by atoms with van der Waals surface area (Å²) in [4.78, 5) is 13.8. The van der Waals surface area contributed by atoms with Gasteiger partial charge >= 0.3 is 0 Å². The van der Waals surface area contributed by atoms with E-state index in [1.807, 2.05) is 6.92 Å². The van der Waals surface area contributed by atoms with Crippen LogP contribution in [0.15, 0.2) is 30.3 Å². The number of nitrogens with one attached hydrogen (secondary N) is 1. The van der Waals surface area contributed by atoms with Gasteiger partial charge in [0.25, 0.3) is 5.91 Å². The molecule has 1 aliphatic rings. The maximum absolute atomic E-state index is 13.1. The molecule has 0 radical (unpaired) electrons. The fraction of sp³-hybridized carbons (Fsp3) is 0.353. The molecule has 134 valence electrons. The molecule has 0 atom stereocenters. The zero-order valence-corrected chi connectivity index (χ0v) is 15.4. The number of carbonyl (C=O) groups is 1. The van der Waals surface area contributed by atoms with E-state index in [4.69, 9.17) is 0 Å². The first-order chi connectivity index (χ1) is 11.9. The summed E-state index contributed by atoms with van der Waals surface area (Å²) in [5, 5.41) is 2.77. The molecule has 3 rings (SSSR count). The fourth-order valence-corrected chi connectivity index (χ4v) is 5.43. The van der Waals surface area contributed by atoms with Crippen LogP contribution >= 0.6 is 11.3 Å². The maximum Gasteiger partial charge on any atom is 0.261 e. The molecule has 5 nitrogen and oxygen atoms in total. The minimum atomic E-state index is -3.14. The van der Waals surface area contributed by atoms with E-state index in [9.17, 15) is 17.6 Å². The zero-order valence-electron chi connectivity index (χ0n) is 13.8. The molecule has 0 saturated carbocycles. The van der Waals surface area contributed by atoms with Crippen molar-refractivity contribution in [3.63, 3.8) is 0 Å². The summed E-state index contributed by atoms with van der Waals surface area (Å²) in [5.41, 5.74) is 1.81. The van der Waals surface area contributed by atoms with Gasteiger partial charge in [0, 0.05) is 24.5 Å². The van der Waals surface area contributed by atoms with Gasteiger partial charge in [-0.25, -0.2) is 17.1 Å². The van der Waals surface area contributed by atoms with Crippen LogP contribution in [0.1, 0.15) is 21.7 Å². The van der Waals surface area contributed by atoms with E-state index in [2.05, 4.69) is 5.32 Å². The highest BCUT2D eigenvalue weighted by Gasteiger charge is 2.27. The van der Waals surface area contributed by atoms with Crippen LogP contribution in [0.4, 0.5) is 4.39 Å². The van der Waals surface area contributed by atoms with Crippen molar-refractivity contribution in [3.8, 4) is 10.4 Å². The van der Waals surface area contributed by atoms with Crippen LogP contribution in [0.5, 0.6) is 0 Å². The van der Waals surface area contributed by atoms with Crippen molar-refractivity contribution < 1.29 is 17.6 Å². The molecule has 25 heavy (non-hydrogen) atoms. The Bertz CT molecular complexity index is 876. The van der Waals surface area contributed by atoms with Crippen molar-refractivity contribution in [2.24, 2.45) is 0 Å². The van der Waals surface area contributed by atoms with Gasteiger partial charge in [-0.2, -0.15) is 0 Å². The molecule has 1 saturated heterocycles. The van der Waals surface area contributed by atoms with E-state index in [1.165, 1.54) is 27.8 Å². The lowest BCUT2D eigenvalue weighted by Crippen LogP contribution is -2.35. The fourth-order valence-electron chi connectivity index (χ4n) is 2.81. The standard InChI is InChI=1S/C17H19FN2O3S2/c1-12-11-15(24-16(12)13-3-5-14(18)6-4-13)17(21)19-7-9-20-8-2-10-25(20,22)23/h3-6,11H,2,7-10H2,1H3,(H,19,21). The molecule has 1 aromatic heterocycles. The Balaban J connectivity index is 1.63. The third-order valence-electron chi connectivity index (χ3n) is 4.10. The van der Waals surface area contributed by atoms with Gasteiger partial charge in [0.15, 0.2) is 0 Å². The highest BCUT2D eigenvalue weighted by molar-refractivity contribution is 7.89. The van der Waals surface area contributed by atoms with Crippen molar-refractivity contribution in [2.45, 2.75) is 13.3 Å². The Morgan fingerprint density at radius 3 is 2.68 bits per heavy atom. The Hall–Kier alpha value is -1.77. The van der Waals surface area contributed by atoms with Crippen LogP contribution in [0.25, 0.3) is 10.4 Å². The molecule has 2 heterocycles. The smallest absolute Gasteiger partial charge is 0.261 e. The quantitative estimate of drug-likeness (QED) is 0.864. The van der Waals surface area contributed by atoms with Crippen LogP contribution < -0.4 is 5.32 Å². The van der Waals surface area contributed by atoms with Gasteiger partial charge in [0.1, 0.15) is 5.82 Å². The van der Waals surface area contributed by atoms with Crippen LogP contribution in [0.3, 0.4) is 0 Å². The SMILES string of the molecule is Cc1cc(C(=O)NCCN2CCCS2(=O)=O)sc1-c1ccc(F)cc1. The first kappa shape index (κ1) is 18.0. The van der Waals surface area contributed by atoms with Crippen LogP contribution in [0, 0.1) is 12.7 Å². The van der Waals surface area contributed by atoms with E-state index in [0.29, 0.717) is 24.4 Å². The van der Waals surface area contributed by atoms with Crippen LogP contribution in [-0.2, 0) is 10.0 Å². The summed E-state index contributed by atoms with van der Waals surface area (Å²) in [5.74, 6) is -0.336. The number of thiophene rings is 1. The van der Waals surface area contributed by atoms with Crippen LogP contribution in [-0.4, -0.2) is 44.0 Å². The van der Waals surface area contributed by atoms with Gasteiger partial charge in [-0.05, 0) is 42.7 Å². The molecular weight excluding hydrogens is 363 g/mol. The molecule has 1 fully saturated rings. The normalized spacial score (nSPS) is 16.9. The Kier molecular flexibility index (Phi) is 5.21. The van der Waals surface area contributed by atoms with Gasteiger partial charge in [0.2, 0.25) is 10.0 Å². The monoisotopic (exact) mass is 382 g/mol. The summed E-state index contributed by atoms with van der Waals surface area (Å²) in [6.07, 6.45) is 0.640. The van der Waals surface area contributed by atoms with Gasteiger partial charge in [-0.3, -0.25) is 4.79 Å². The van der Waals surface area contributed by atoms with Crippen LogP contribution in [0.2, 0.25) is 0 Å². The second-order valence-corrected chi connectivity index (χ2v) is 9.09. The predicted molar refractivity (Wildman–Crippen MR) is 96.8 cm³/mol. The number of aryl methyl sites for hydroxylation is 1. The first-order valence-electron chi connectivity index (χ1n) is 7.99. The summed E-state index contributed by atoms with van der Waals surface area (Å²) < 4.78 is 37.9.